The number of carbonyl (C=O) groups excluding carboxylic acids is 1. The summed E-state index contributed by atoms with van der Waals surface area (Å²) in [4.78, 5) is 27.7. The Bertz CT molecular complexity index is 743. The molecule has 2 rings (SSSR count). The molecule has 0 radical (unpaired) electrons. The smallest absolute Gasteiger partial charge is 0.319 e. The standard InChI is InChI=1S/C15H17FN4O2/c1-10-11(2)18-9-20(14(10)21)8-7-17-15(22)19-13-6-4-3-5-12(13)16/h3-6,9H,7-8H2,1-2H3,(H2,17,19,22). The fraction of sp³-hybridized carbons (Fsp3) is 0.267. The summed E-state index contributed by atoms with van der Waals surface area (Å²) in [6.45, 7) is 3.99. The summed E-state index contributed by atoms with van der Waals surface area (Å²) in [6, 6.07) is 5.36. The number of rotatable bonds is 4. The van der Waals surface area contributed by atoms with Crippen LogP contribution in [0.15, 0.2) is 35.4 Å². The number of nitrogens with zero attached hydrogens (tertiary/aromatic N) is 2. The van der Waals surface area contributed by atoms with Gasteiger partial charge in [-0.15, -0.1) is 0 Å². The Morgan fingerprint density at radius 1 is 1.32 bits per heavy atom. The molecule has 0 saturated carbocycles. The number of benzene rings is 1. The van der Waals surface area contributed by atoms with Crippen LogP contribution in [-0.2, 0) is 6.54 Å². The topological polar surface area (TPSA) is 76.0 Å². The second-order valence-electron chi connectivity index (χ2n) is 4.81. The Balaban J connectivity index is 1.89. The SMILES string of the molecule is Cc1ncn(CCNC(=O)Nc2ccccc2F)c(=O)c1C. The molecule has 0 atom stereocenters. The summed E-state index contributed by atoms with van der Waals surface area (Å²) in [5.74, 6) is -0.507. The largest absolute Gasteiger partial charge is 0.336 e. The number of nitrogens with one attached hydrogen (secondary N) is 2. The van der Waals surface area contributed by atoms with Crippen molar-refractivity contribution >= 4 is 11.7 Å². The van der Waals surface area contributed by atoms with Gasteiger partial charge < -0.3 is 10.6 Å². The van der Waals surface area contributed by atoms with Gasteiger partial charge in [-0.1, -0.05) is 12.1 Å². The number of para-hydroxylation sites is 1. The fourth-order valence-corrected chi connectivity index (χ4v) is 1.85. The summed E-state index contributed by atoms with van der Waals surface area (Å²) >= 11 is 0. The Labute approximate surface area is 127 Å². The number of urea groups is 1. The molecule has 2 amide bonds. The lowest BCUT2D eigenvalue weighted by Gasteiger charge is -2.10. The van der Waals surface area contributed by atoms with Gasteiger partial charge in [-0.25, -0.2) is 14.2 Å². The van der Waals surface area contributed by atoms with E-state index in [2.05, 4.69) is 15.6 Å². The molecule has 7 heteroatoms. The highest BCUT2D eigenvalue weighted by molar-refractivity contribution is 5.89. The predicted octanol–water partition coefficient (Wildman–Crippen LogP) is 1.82. The van der Waals surface area contributed by atoms with Crippen LogP contribution < -0.4 is 16.2 Å². The van der Waals surface area contributed by atoms with E-state index in [4.69, 9.17) is 0 Å². The first-order valence-corrected chi connectivity index (χ1v) is 6.81. The van der Waals surface area contributed by atoms with E-state index in [0.29, 0.717) is 11.3 Å². The number of aryl methyl sites for hydroxylation is 1. The van der Waals surface area contributed by atoms with Crippen LogP contribution in [0, 0.1) is 19.7 Å². The zero-order valence-electron chi connectivity index (χ0n) is 12.4. The molecule has 1 aromatic heterocycles. The van der Waals surface area contributed by atoms with Crippen molar-refractivity contribution in [3.05, 3.63) is 58.0 Å². The average molecular weight is 304 g/mol. The van der Waals surface area contributed by atoms with Gasteiger partial charge in [0, 0.05) is 24.3 Å². The van der Waals surface area contributed by atoms with Crippen LogP contribution in [0.25, 0.3) is 0 Å². The molecule has 0 aliphatic heterocycles. The van der Waals surface area contributed by atoms with Crippen molar-refractivity contribution < 1.29 is 9.18 Å². The molecule has 0 saturated heterocycles. The van der Waals surface area contributed by atoms with E-state index in [1.165, 1.54) is 29.1 Å². The molecular weight excluding hydrogens is 287 g/mol. The van der Waals surface area contributed by atoms with Crippen molar-refractivity contribution in [1.82, 2.24) is 14.9 Å². The second-order valence-corrected chi connectivity index (χ2v) is 4.81. The van der Waals surface area contributed by atoms with Crippen LogP contribution >= 0.6 is 0 Å². The average Bonchev–Trinajstić information content (AvgIpc) is 2.50. The van der Waals surface area contributed by atoms with Gasteiger partial charge in [-0.3, -0.25) is 9.36 Å². The van der Waals surface area contributed by atoms with Crippen molar-refractivity contribution in [2.45, 2.75) is 20.4 Å². The van der Waals surface area contributed by atoms with Gasteiger partial charge in [0.2, 0.25) is 0 Å². The summed E-state index contributed by atoms with van der Waals surface area (Å²) in [7, 11) is 0. The lowest BCUT2D eigenvalue weighted by atomic mass is 10.3. The normalized spacial score (nSPS) is 10.3. The predicted molar refractivity (Wildman–Crippen MR) is 81.4 cm³/mol. The molecule has 2 N–H and O–H groups in total. The van der Waals surface area contributed by atoms with Crippen LogP contribution in [0.2, 0.25) is 0 Å². The molecule has 1 heterocycles. The molecule has 0 bridgehead atoms. The van der Waals surface area contributed by atoms with Gasteiger partial charge >= 0.3 is 6.03 Å². The maximum Gasteiger partial charge on any atom is 0.319 e. The van der Waals surface area contributed by atoms with Gasteiger partial charge in [-0.05, 0) is 26.0 Å². The van der Waals surface area contributed by atoms with E-state index >= 15 is 0 Å². The van der Waals surface area contributed by atoms with Crippen molar-refractivity contribution in [3.8, 4) is 0 Å². The Kier molecular flexibility index (Phi) is 4.88. The molecule has 0 aliphatic rings. The van der Waals surface area contributed by atoms with Crippen LogP contribution in [0.4, 0.5) is 14.9 Å². The lowest BCUT2D eigenvalue weighted by molar-refractivity contribution is 0.251. The van der Waals surface area contributed by atoms with Gasteiger partial charge in [0.05, 0.1) is 12.0 Å². The third kappa shape index (κ3) is 3.69. The van der Waals surface area contributed by atoms with Gasteiger partial charge in [0.25, 0.3) is 5.56 Å². The summed E-state index contributed by atoms with van der Waals surface area (Å²) in [6.07, 6.45) is 1.45. The highest BCUT2D eigenvalue weighted by Crippen LogP contribution is 2.11. The molecule has 2 aromatic rings. The minimum atomic E-state index is -0.532. The first kappa shape index (κ1) is 15.7. The number of hydrogen-bond acceptors (Lipinski definition) is 3. The van der Waals surface area contributed by atoms with Crippen LogP contribution in [-0.4, -0.2) is 22.1 Å². The Morgan fingerprint density at radius 3 is 2.77 bits per heavy atom. The van der Waals surface area contributed by atoms with Crippen LogP contribution in [0.5, 0.6) is 0 Å². The minimum Gasteiger partial charge on any atom is -0.336 e. The molecule has 6 nitrogen and oxygen atoms in total. The van der Waals surface area contributed by atoms with Crippen molar-refractivity contribution in [3.63, 3.8) is 0 Å². The van der Waals surface area contributed by atoms with E-state index in [1.807, 2.05) is 0 Å². The maximum atomic E-state index is 13.4. The zero-order valence-corrected chi connectivity index (χ0v) is 12.4. The number of aromatic nitrogens is 2. The fourth-order valence-electron chi connectivity index (χ4n) is 1.85. The molecular formula is C15H17FN4O2. The number of carbonyl (C=O) groups is 1. The Hall–Kier alpha value is -2.70. The van der Waals surface area contributed by atoms with E-state index in [9.17, 15) is 14.0 Å². The summed E-state index contributed by atoms with van der Waals surface area (Å²) < 4.78 is 14.8. The van der Waals surface area contributed by atoms with Crippen molar-refractivity contribution in [2.75, 3.05) is 11.9 Å². The van der Waals surface area contributed by atoms with Crippen molar-refractivity contribution in [1.29, 1.82) is 0 Å². The first-order chi connectivity index (χ1) is 10.5. The molecule has 22 heavy (non-hydrogen) atoms. The maximum absolute atomic E-state index is 13.4. The van der Waals surface area contributed by atoms with Crippen molar-refractivity contribution in [2.24, 2.45) is 0 Å². The summed E-state index contributed by atoms with van der Waals surface area (Å²) in [5, 5.41) is 4.97. The van der Waals surface area contributed by atoms with E-state index in [0.717, 1.165) is 0 Å². The zero-order chi connectivity index (χ0) is 16.1. The minimum absolute atomic E-state index is 0.102. The molecule has 1 aromatic carbocycles. The van der Waals surface area contributed by atoms with Crippen LogP contribution in [0.3, 0.4) is 0 Å². The highest BCUT2D eigenvalue weighted by atomic mass is 19.1. The molecule has 116 valence electrons. The molecule has 0 spiro atoms. The number of amides is 2. The first-order valence-electron chi connectivity index (χ1n) is 6.81. The van der Waals surface area contributed by atoms with E-state index in [-0.39, 0.29) is 24.3 Å². The van der Waals surface area contributed by atoms with Crippen LogP contribution in [0.1, 0.15) is 11.3 Å². The number of halogens is 1. The molecule has 0 fully saturated rings. The van der Waals surface area contributed by atoms with Gasteiger partial charge in [-0.2, -0.15) is 0 Å². The molecule has 0 aliphatic carbocycles. The van der Waals surface area contributed by atoms with E-state index < -0.39 is 11.8 Å². The summed E-state index contributed by atoms with van der Waals surface area (Å²) in [5.41, 5.74) is 1.23. The third-order valence-electron chi connectivity index (χ3n) is 3.28. The number of hydrogen-bond donors (Lipinski definition) is 2. The monoisotopic (exact) mass is 304 g/mol. The quantitative estimate of drug-likeness (QED) is 0.904. The van der Waals surface area contributed by atoms with Gasteiger partial charge in [0.1, 0.15) is 5.82 Å². The molecule has 0 unspecified atom stereocenters. The highest BCUT2D eigenvalue weighted by Gasteiger charge is 2.06. The van der Waals surface area contributed by atoms with E-state index in [1.54, 1.807) is 19.9 Å². The lowest BCUT2D eigenvalue weighted by Crippen LogP contribution is -2.34. The van der Waals surface area contributed by atoms with Gasteiger partial charge in [0.15, 0.2) is 0 Å². The number of anilines is 1. The second kappa shape index (κ2) is 6.84. The third-order valence-corrected chi connectivity index (χ3v) is 3.28. The Morgan fingerprint density at radius 2 is 2.05 bits per heavy atom.